The van der Waals surface area contributed by atoms with E-state index in [9.17, 15) is 0 Å². The van der Waals surface area contributed by atoms with Gasteiger partial charge >= 0.3 is 0 Å². The summed E-state index contributed by atoms with van der Waals surface area (Å²) in [7, 11) is 0. The Balaban J connectivity index is 1.74. The summed E-state index contributed by atoms with van der Waals surface area (Å²) in [4.78, 5) is 6.53. The Bertz CT molecular complexity index is 606. The third kappa shape index (κ3) is 2.99. The van der Waals surface area contributed by atoms with Crippen LogP contribution >= 0.6 is 0 Å². The number of aryl methyl sites for hydroxylation is 1. The molecule has 1 saturated heterocycles. The van der Waals surface area contributed by atoms with Gasteiger partial charge in [-0.2, -0.15) is 5.10 Å². The number of hydrogen-bond acceptors (Lipinski definition) is 4. The van der Waals surface area contributed by atoms with E-state index < -0.39 is 0 Å². The smallest absolute Gasteiger partial charge is 0.0676 e. The molecule has 0 saturated carbocycles. The standard InChI is InChI=1S/C16H23N5/c1-13-14(9-20-8-5-16(2,11-17)12-20)10-21(19-13)15-3-6-18-7-4-15/h3-4,6-7,10H,5,8-9,11-12,17H2,1-2H3. The number of rotatable bonds is 4. The number of nitrogens with zero attached hydrogens (tertiary/aromatic N) is 4. The largest absolute Gasteiger partial charge is 0.330 e. The molecular weight excluding hydrogens is 262 g/mol. The summed E-state index contributed by atoms with van der Waals surface area (Å²) in [6.07, 6.45) is 6.89. The van der Waals surface area contributed by atoms with Gasteiger partial charge in [0.05, 0.1) is 11.4 Å². The zero-order valence-corrected chi connectivity index (χ0v) is 12.8. The van der Waals surface area contributed by atoms with E-state index in [0.717, 1.165) is 37.6 Å². The normalized spacial score (nSPS) is 22.8. The van der Waals surface area contributed by atoms with Gasteiger partial charge in [0.25, 0.3) is 0 Å². The Kier molecular flexibility index (Phi) is 3.78. The van der Waals surface area contributed by atoms with Crippen LogP contribution in [-0.4, -0.2) is 39.3 Å². The van der Waals surface area contributed by atoms with Crippen LogP contribution in [0.1, 0.15) is 24.6 Å². The fraction of sp³-hybridized carbons (Fsp3) is 0.500. The second kappa shape index (κ2) is 5.58. The van der Waals surface area contributed by atoms with Gasteiger partial charge in [-0.05, 0) is 44.0 Å². The van der Waals surface area contributed by atoms with Crippen molar-refractivity contribution in [2.75, 3.05) is 19.6 Å². The third-order valence-electron chi connectivity index (χ3n) is 4.45. The first-order valence-electron chi connectivity index (χ1n) is 7.48. The predicted octanol–water partition coefficient (Wildman–Crippen LogP) is 1.75. The van der Waals surface area contributed by atoms with Crippen LogP contribution in [0.25, 0.3) is 5.69 Å². The zero-order valence-electron chi connectivity index (χ0n) is 12.8. The third-order valence-corrected chi connectivity index (χ3v) is 4.45. The molecule has 1 fully saturated rings. The topological polar surface area (TPSA) is 60.0 Å². The van der Waals surface area contributed by atoms with Crippen LogP contribution in [0, 0.1) is 12.3 Å². The maximum Gasteiger partial charge on any atom is 0.0676 e. The van der Waals surface area contributed by atoms with Crippen molar-refractivity contribution in [3.8, 4) is 5.69 Å². The number of hydrogen-bond donors (Lipinski definition) is 1. The first-order valence-corrected chi connectivity index (χ1v) is 7.48. The fourth-order valence-corrected chi connectivity index (χ4v) is 2.95. The van der Waals surface area contributed by atoms with Crippen LogP contribution in [0.3, 0.4) is 0 Å². The summed E-state index contributed by atoms with van der Waals surface area (Å²) < 4.78 is 1.94. The second-order valence-corrected chi connectivity index (χ2v) is 6.37. The van der Waals surface area contributed by atoms with Crippen molar-refractivity contribution in [2.45, 2.75) is 26.8 Å². The second-order valence-electron chi connectivity index (χ2n) is 6.37. The van der Waals surface area contributed by atoms with Crippen molar-refractivity contribution >= 4 is 0 Å². The molecular formula is C16H23N5. The molecule has 0 bridgehead atoms. The minimum absolute atomic E-state index is 0.273. The molecule has 21 heavy (non-hydrogen) atoms. The molecule has 0 aromatic carbocycles. The number of pyridine rings is 1. The first-order chi connectivity index (χ1) is 10.1. The summed E-state index contributed by atoms with van der Waals surface area (Å²) in [6.45, 7) is 8.26. The molecule has 3 heterocycles. The lowest BCUT2D eigenvalue weighted by Crippen LogP contribution is -2.31. The van der Waals surface area contributed by atoms with E-state index in [0.29, 0.717) is 0 Å². The molecule has 5 heteroatoms. The molecule has 2 aromatic heterocycles. The van der Waals surface area contributed by atoms with Crippen molar-refractivity contribution in [2.24, 2.45) is 11.1 Å². The monoisotopic (exact) mass is 285 g/mol. The molecule has 1 atom stereocenters. The van der Waals surface area contributed by atoms with E-state index in [1.165, 1.54) is 12.0 Å². The van der Waals surface area contributed by atoms with Gasteiger partial charge in [0.2, 0.25) is 0 Å². The lowest BCUT2D eigenvalue weighted by Gasteiger charge is -2.22. The Morgan fingerprint density at radius 1 is 1.33 bits per heavy atom. The van der Waals surface area contributed by atoms with Gasteiger partial charge < -0.3 is 5.73 Å². The van der Waals surface area contributed by atoms with Crippen molar-refractivity contribution in [1.29, 1.82) is 0 Å². The van der Waals surface area contributed by atoms with Crippen molar-refractivity contribution in [3.63, 3.8) is 0 Å². The van der Waals surface area contributed by atoms with Gasteiger partial charge in [-0.15, -0.1) is 0 Å². The van der Waals surface area contributed by atoms with Gasteiger partial charge in [-0.25, -0.2) is 4.68 Å². The highest BCUT2D eigenvalue weighted by atomic mass is 15.3. The highest BCUT2D eigenvalue weighted by molar-refractivity contribution is 5.30. The molecule has 1 unspecified atom stereocenters. The summed E-state index contributed by atoms with van der Waals surface area (Å²) >= 11 is 0. The quantitative estimate of drug-likeness (QED) is 0.929. The lowest BCUT2D eigenvalue weighted by molar-refractivity contribution is 0.274. The Labute approximate surface area is 125 Å². The molecule has 0 spiro atoms. The van der Waals surface area contributed by atoms with E-state index >= 15 is 0 Å². The molecule has 1 aliphatic rings. The van der Waals surface area contributed by atoms with Crippen molar-refractivity contribution < 1.29 is 0 Å². The Hall–Kier alpha value is -1.72. The molecule has 3 rings (SSSR count). The molecule has 2 aromatic rings. The average Bonchev–Trinajstić information content (AvgIpc) is 3.05. The number of aromatic nitrogens is 3. The minimum Gasteiger partial charge on any atom is -0.330 e. The summed E-state index contributed by atoms with van der Waals surface area (Å²) in [5.74, 6) is 0. The van der Waals surface area contributed by atoms with Crippen molar-refractivity contribution in [3.05, 3.63) is 42.0 Å². The maximum absolute atomic E-state index is 5.88. The van der Waals surface area contributed by atoms with Gasteiger partial charge in [-0.1, -0.05) is 6.92 Å². The van der Waals surface area contributed by atoms with E-state index in [1.54, 1.807) is 12.4 Å². The van der Waals surface area contributed by atoms with Crippen LogP contribution in [0.5, 0.6) is 0 Å². The molecule has 112 valence electrons. The van der Waals surface area contributed by atoms with Gasteiger partial charge in [0.1, 0.15) is 0 Å². The number of nitrogens with two attached hydrogens (primary N) is 1. The van der Waals surface area contributed by atoms with E-state index in [1.807, 2.05) is 16.8 Å². The zero-order chi connectivity index (χ0) is 14.9. The summed E-state index contributed by atoms with van der Waals surface area (Å²) in [6, 6.07) is 3.94. The first kappa shape index (κ1) is 14.2. The van der Waals surface area contributed by atoms with Gasteiger partial charge in [0, 0.05) is 37.2 Å². The Morgan fingerprint density at radius 2 is 2.10 bits per heavy atom. The van der Waals surface area contributed by atoms with Crippen LogP contribution in [0.15, 0.2) is 30.7 Å². The van der Waals surface area contributed by atoms with Crippen LogP contribution in [0.4, 0.5) is 0 Å². The lowest BCUT2D eigenvalue weighted by atomic mass is 9.90. The Morgan fingerprint density at radius 3 is 2.76 bits per heavy atom. The van der Waals surface area contributed by atoms with Gasteiger partial charge in [0.15, 0.2) is 0 Å². The SMILES string of the molecule is Cc1nn(-c2ccncc2)cc1CN1CCC(C)(CN)C1. The highest BCUT2D eigenvalue weighted by Crippen LogP contribution is 2.29. The molecule has 0 aliphatic carbocycles. The fourth-order valence-electron chi connectivity index (χ4n) is 2.95. The van der Waals surface area contributed by atoms with Gasteiger partial charge in [-0.3, -0.25) is 9.88 Å². The van der Waals surface area contributed by atoms with Crippen LogP contribution in [0.2, 0.25) is 0 Å². The minimum atomic E-state index is 0.273. The van der Waals surface area contributed by atoms with Crippen LogP contribution < -0.4 is 5.73 Å². The maximum atomic E-state index is 5.88. The van der Waals surface area contributed by atoms with Crippen LogP contribution in [-0.2, 0) is 6.54 Å². The van der Waals surface area contributed by atoms with E-state index in [2.05, 4.69) is 35.0 Å². The van der Waals surface area contributed by atoms with E-state index in [4.69, 9.17) is 5.73 Å². The summed E-state index contributed by atoms with van der Waals surface area (Å²) in [5, 5.41) is 4.62. The van der Waals surface area contributed by atoms with E-state index in [-0.39, 0.29) is 5.41 Å². The predicted molar refractivity (Wildman–Crippen MR) is 83.2 cm³/mol. The molecule has 0 amide bonds. The number of likely N-dealkylation sites (tertiary alicyclic amines) is 1. The highest BCUT2D eigenvalue weighted by Gasteiger charge is 2.32. The summed E-state index contributed by atoms with van der Waals surface area (Å²) in [5.41, 5.74) is 9.58. The molecule has 2 N–H and O–H groups in total. The molecule has 1 aliphatic heterocycles. The molecule has 5 nitrogen and oxygen atoms in total. The molecule has 0 radical (unpaired) electrons. The van der Waals surface area contributed by atoms with Crippen molar-refractivity contribution in [1.82, 2.24) is 19.7 Å². The average molecular weight is 285 g/mol.